The molecule has 8 heteroatoms. The fourth-order valence-electron chi connectivity index (χ4n) is 4.83. The van der Waals surface area contributed by atoms with Crippen molar-refractivity contribution in [2.75, 3.05) is 7.11 Å². The van der Waals surface area contributed by atoms with Gasteiger partial charge in [0.1, 0.15) is 10.3 Å². The van der Waals surface area contributed by atoms with Gasteiger partial charge in [0.05, 0.1) is 18.4 Å². The first-order chi connectivity index (χ1) is 18.7. The van der Waals surface area contributed by atoms with Crippen LogP contribution in [0.25, 0.3) is 22.0 Å². The summed E-state index contributed by atoms with van der Waals surface area (Å²) < 4.78 is 40.8. The van der Waals surface area contributed by atoms with Gasteiger partial charge >= 0.3 is 0 Å². The van der Waals surface area contributed by atoms with Gasteiger partial charge in [-0.3, -0.25) is 0 Å². The molecule has 0 atom stereocenters. The summed E-state index contributed by atoms with van der Waals surface area (Å²) in [5, 5.41) is 5.23. The summed E-state index contributed by atoms with van der Waals surface area (Å²) in [6.45, 7) is 6.35. The lowest BCUT2D eigenvalue weighted by atomic mass is 10.0. The van der Waals surface area contributed by atoms with Gasteiger partial charge in [0.25, 0.3) is 10.0 Å². The second-order valence-electron chi connectivity index (χ2n) is 9.64. The first kappa shape index (κ1) is 27.2. The molecule has 1 aromatic heterocycles. The number of hydrogen-bond donors (Lipinski definition) is 0. The van der Waals surface area contributed by atoms with Crippen LogP contribution < -0.4 is 9.47 Å². The van der Waals surface area contributed by atoms with Crippen LogP contribution in [0.1, 0.15) is 27.8 Å². The summed E-state index contributed by atoms with van der Waals surface area (Å²) in [4.78, 5) is 0. The van der Waals surface area contributed by atoms with Gasteiger partial charge in [0, 0.05) is 5.39 Å². The molecule has 0 aliphatic heterocycles. The number of nitrogens with zero attached hydrogens (tertiary/aromatic N) is 2. The third kappa shape index (κ3) is 5.67. The maximum absolute atomic E-state index is 13.7. The zero-order valence-corrected chi connectivity index (χ0v) is 25.2. The number of methoxy groups -OCH3 is 1. The summed E-state index contributed by atoms with van der Waals surface area (Å²) in [7, 11) is -2.17. The molecule has 5 rings (SSSR count). The molecular weight excluding hydrogens is 623 g/mol. The second kappa shape index (κ2) is 11.0. The number of halogens is 1. The van der Waals surface area contributed by atoms with Gasteiger partial charge in [-0.05, 0) is 101 Å². The van der Waals surface area contributed by atoms with Crippen molar-refractivity contribution < 1.29 is 17.9 Å². The molecule has 0 radical (unpaired) electrons. The minimum Gasteiger partial charge on any atom is -0.493 e. The van der Waals surface area contributed by atoms with Crippen LogP contribution in [0.3, 0.4) is 0 Å². The van der Waals surface area contributed by atoms with E-state index in [4.69, 9.17) is 9.47 Å². The molecule has 0 N–H and O–H groups in total. The lowest BCUT2D eigenvalue weighted by Gasteiger charge is -2.14. The topological polar surface area (TPSA) is 70.4 Å². The SMILES string of the molecule is COc1cc(-c2ccc3c(I)nn(S(=O)(=O)Cc4c(C)cc(C)cc4C)c3c2)ccc1OCc1ccccc1. The summed E-state index contributed by atoms with van der Waals surface area (Å²) in [5.41, 5.74) is 7.19. The van der Waals surface area contributed by atoms with E-state index in [-0.39, 0.29) is 5.75 Å². The standard InChI is InChI=1S/C31H29IN2O4S/c1-20-14-21(2)27(22(3)15-20)19-39(35,36)34-28-16-24(10-12-26(28)31(32)33-34)25-11-13-29(30(17-25)37-4)38-18-23-8-6-5-7-9-23/h5-17H,18-19H2,1-4H3. The Kier molecular flexibility index (Phi) is 7.68. The molecule has 0 amide bonds. The Balaban J connectivity index is 1.49. The van der Waals surface area contributed by atoms with E-state index in [2.05, 4.69) is 27.7 Å². The van der Waals surface area contributed by atoms with Crippen LogP contribution in [-0.2, 0) is 22.4 Å². The molecule has 0 bridgehead atoms. The summed E-state index contributed by atoms with van der Waals surface area (Å²) in [6, 6.07) is 25.5. The van der Waals surface area contributed by atoms with E-state index in [0.29, 0.717) is 27.3 Å². The van der Waals surface area contributed by atoms with Gasteiger partial charge in [0.15, 0.2) is 11.5 Å². The molecule has 1 heterocycles. The van der Waals surface area contributed by atoms with Crippen molar-refractivity contribution in [2.24, 2.45) is 0 Å². The maximum atomic E-state index is 13.7. The normalized spacial score (nSPS) is 11.6. The van der Waals surface area contributed by atoms with E-state index in [1.165, 1.54) is 4.09 Å². The number of benzene rings is 4. The van der Waals surface area contributed by atoms with Crippen LogP contribution in [-0.4, -0.2) is 24.7 Å². The minimum absolute atomic E-state index is 0.122. The van der Waals surface area contributed by atoms with Crippen LogP contribution in [0.2, 0.25) is 0 Å². The smallest absolute Gasteiger partial charge is 0.258 e. The Morgan fingerprint density at radius 3 is 2.21 bits per heavy atom. The molecule has 4 aromatic carbocycles. The zero-order valence-electron chi connectivity index (χ0n) is 22.2. The Labute approximate surface area is 242 Å². The highest BCUT2D eigenvalue weighted by Crippen LogP contribution is 2.35. The van der Waals surface area contributed by atoms with E-state index in [9.17, 15) is 8.42 Å². The average Bonchev–Trinajstić information content (AvgIpc) is 3.26. The number of hydrogen-bond acceptors (Lipinski definition) is 5. The van der Waals surface area contributed by atoms with Crippen molar-refractivity contribution in [1.29, 1.82) is 0 Å². The highest BCUT2D eigenvalue weighted by atomic mass is 127. The molecular formula is C31H29IN2O4S. The van der Waals surface area contributed by atoms with E-state index < -0.39 is 10.0 Å². The lowest BCUT2D eigenvalue weighted by molar-refractivity contribution is 0.284. The molecule has 0 saturated heterocycles. The Morgan fingerprint density at radius 1 is 0.846 bits per heavy atom. The van der Waals surface area contributed by atoms with Crippen LogP contribution in [0.5, 0.6) is 11.5 Å². The lowest BCUT2D eigenvalue weighted by Crippen LogP contribution is -2.18. The Morgan fingerprint density at radius 2 is 1.51 bits per heavy atom. The van der Waals surface area contributed by atoms with Crippen molar-refractivity contribution in [3.05, 3.63) is 110 Å². The monoisotopic (exact) mass is 652 g/mol. The largest absolute Gasteiger partial charge is 0.493 e. The van der Waals surface area contributed by atoms with Gasteiger partial charge in [-0.15, -0.1) is 0 Å². The fourth-order valence-corrected chi connectivity index (χ4v) is 7.24. The quantitative estimate of drug-likeness (QED) is 0.166. The summed E-state index contributed by atoms with van der Waals surface area (Å²) in [6.07, 6.45) is 0. The summed E-state index contributed by atoms with van der Waals surface area (Å²) >= 11 is 2.09. The van der Waals surface area contributed by atoms with Gasteiger partial charge < -0.3 is 9.47 Å². The highest BCUT2D eigenvalue weighted by molar-refractivity contribution is 14.1. The van der Waals surface area contributed by atoms with Gasteiger partial charge in [-0.2, -0.15) is 9.19 Å². The van der Waals surface area contributed by atoms with Gasteiger partial charge in [-0.1, -0.05) is 60.2 Å². The maximum Gasteiger partial charge on any atom is 0.258 e. The molecule has 0 fully saturated rings. The predicted molar refractivity (Wildman–Crippen MR) is 164 cm³/mol. The van der Waals surface area contributed by atoms with Crippen molar-refractivity contribution >= 4 is 43.5 Å². The third-order valence-corrected chi connectivity index (χ3v) is 9.03. The fraction of sp³-hybridized carbons (Fsp3) is 0.194. The Hall–Kier alpha value is -3.37. The van der Waals surface area contributed by atoms with Crippen LogP contribution in [0.15, 0.2) is 78.9 Å². The highest BCUT2D eigenvalue weighted by Gasteiger charge is 2.23. The van der Waals surface area contributed by atoms with Crippen molar-refractivity contribution in [3.63, 3.8) is 0 Å². The second-order valence-corrected chi connectivity index (χ2v) is 12.5. The molecule has 39 heavy (non-hydrogen) atoms. The predicted octanol–water partition coefficient (Wildman–Crippen LogP) is 7.20. The molecule has 0 aliphatic rings. The molecule has 6 nitrogen and oxygen atoms in total. The van der Waals surface area contributed by atoms with Gasteiger partial charge in [0.2, 0.25) is 0 Å². The molecule has 0 aliphatic carbocycles. The first-order valence-electron chi connectivity index (χ1n) is 12.5. The molecule has 0 spiro atoms. The number of aryl methyl sites for hydroxylation is 3. The van der Waals surface area contributed by atoms with Crippen molar-refractivity contribution in [3.8, 4) is 22.6 Å². The van der Waals surface area contributed by atoms with Crippen LogP contribution in [0, 0.1) is 24.5 Å². The molecule has 200 valence electrons. The molecule has 0 saturated carbocycles. The number of fused-ring (bicyclic) bond motifs is 1. The van der Waals surface area contributed by atoms with Crippen LogP contribution in [0.4, 0.5) is 0 Å². The van der Waals surface area contributed by atoms with E-state index >= 15 is 0 Å². The molecule has 0 unspecified atom stereocenters. The van der Waals surface area contributed by atoms with Gasteiger partial charge in [-0.25, -0.2) is 8.42 Å². The number of ether oxygens (including phenoxy) is 2. The van der Waals surface area contributed by atoms with Crippen molar-refractivity contribution in [2.45, 2.75) is 33.1 Å². The Bertz CT molecular complexity index is 1760. The third-order valence-electron chi connectivity index (χ3n) is 6.77. The molecule has 5 aromatic rings. The van der Waals surface area contributed by atoms with Crippen LogP contribution >= 0.6 is 22.6 Å². The van der Waals surface area contributed by atoms with Crippen molar-refractivity contribution in [1.82, 2.24) is 9.19 Å². The number of aromatic nitrogens is 2. The number of rotatable bonds is 8. The average molecular weight is 653 g/mol. The van der Waals surface area contributed by atoms with E-state index in [1.807, 2.05) is 99.6 Å². The summed E-state index contributed by atoms with van der Waals surface area (Å²) in [5.74, 6) is 1.12. The first-order valence-corrected chi connectivity index (χ1v) is 15.2. The van der Waals surface area contributed by atoms with E-state index in [0.717, 1.165) is 44.3 Å². The van der Waals surface area contributed by atoms with E-state index in [1.54, 1.807) is 7.11 Å². The zero-order chi connectivity index (χ0) is 27.7. The minimum atomic E-state index is -3.77.